The molecule has 3 saturated carbocycles. The Morgan fingerprint density at radius 2 is 1.83 bits per heavy atom. The van der Waals surface area contributed by atoms with Crippen LogP contribution >= 0.6 is 0 Å². The Bertz CT molecular complexity index is 1260. The number of hydrogen-bond acceptors (Lipinski definition) is 9. The van der Waals surface area contributed by atoms with E-state index < -0.39 is 47.6 Å². The second kappa shape index (κ2) is 9.88. The number of hydroxylamine groups is 2. The maximum absolute atomic E-state index is 14.0. The Labute approximate surface area is 238 Å². The summed E-state index contributed by atoms with van der Waals surface area (Å²) in [5, 5.41) is 13.8. The van der Waals surface area contributed by atoms with E-state index in [0.29, 0.717) is 11.8 Å². The molecule has 3 aliphatic carbocycles. The van der Waals surface area contributed by atoms with Crippen molar-refractivity contribution < 1.29 is 38.5 Å². The maximum atomic E-state index is 14.0. The number of fused-ring (bicyclic) bond motifs is 4. The number of carbonyl (C=O) groups is 3. The van der Waals surface area contributed by atoms with Crippen LogP contribution in [0.1, 0.15) is 43.2 Å². The first kappa shape index (κ1) is 27.0. The number of esters is 1. The summed E-state index contributed by atoms with van der Waals surface area (Å²) in [6.45, 7) is 0.0210. The molecule has 11 heteroatoms. The number of rotatable bonds is 9. The molecule has 3 heterocycles. The van der Waals surface area contributed by atoms with Gasteiger partial charge in [-0.3, -0.25) is 19.2 Å². The second-order valence-corrected chi connectivity index (χ2v) is 12.4. The van der Waals surface area contributed by atoms with Gasteiger partial charge in [0.25, 0.3) is 0 Å². The Balaban J connectivity index is 1.25. The fraction of sp³-hybridized carbons (Fsp3) is 0.633. The molecule has 2 bridgehead atoms. The van der Waals surface area contributed by atoms with Gasteiger partial charge >= 0.3 is 5.97 Å². The number of hydrogen-bond donors (Lipinski definition) is 2. The number of benzene rings is 1. The fourth-order valence-electron chi connectivity index (χ4n) is 7.32. The van der Waals surface area contributed by atoms with Gasteiger partial charge in [-0.05, 0) is 42.9 Å². The molecule has 220 valence electrons. The minimum atomic E-state index is -1.27. The number of aliphatic hydroxyl groups is 1. The van der Waals surface area contributed by atoms with Crippen LogP contribution in [0.2, 0.25) is 0 Å². The number of ether oxygens (including phenoxy) is 3. The van der Waals surface area contributed by atoms with Crippen LogP contribution in [0.3, 0.4) is 0 Å². The monoisotopic (exact) mass is 567 g/mol. The van der Waals surface area contributed by atoms with Gasteiger partial charge in [-0.2, -0.15) is 5.06 Å². The highest BCUT2D eigenvalue weighted by atomic mass is 16.8. The van der Waals surface area contributed by atoms with E-state index in [2.05, 4.69) is 5.32 Å². The lowest BCUT2D eigenvalue weighted by molar-refractivity contribution is -0.235. The molecule has 6 atom stereocenters. The number of nitrogens with zero attached hydrogens (tertiary/aromatic N) is 2. The summed E-state index contributed by atoms with van der Waals surface area (Å²) >= 11 is 0. The molecule has 0 spiro atoms. The van der Waals surface area contributed by atoms with Crippen LogP contribution in [0.5, 0.6) is 0 Å². The van der Waals surface area contributed by atoms with Crippen LogP contribution in [0.25, 0.3) is 6.08 Å². The Hall–Kier alpha value is -2.83. The van der Waals surface area contributed by atoms with E-state index in [0.717, 1.165) is 36.8 Å². The summed E-state index contributed by atoms with van der Waals surface area (Å²) in [6.07, 6.45) is 5.11. The molecular formula is C30H37N3O8. The van der Waals surface area contributed by atoms with Crippen molar-refractivity contribution in [1.29, 1.82) is 0 Å². The average molecular weight is 568 g/mol. The zero-order valence-corrected chi connectivity index (χ0v) is 23.4. The first-order chi connectivity index (χ1) is 19.8. The zero-order valence-electron chi connectivity index (χ0n) is 23.4. The number of carbonyl (C=O) groups excluding carboxylic acids is 3. The molecule has 41 heavy (non-hydrogen) atoms. The molecule has 3 aliphatic heterocycles. The minimum absolute atomic E-state index is 0.0623. The lowest BCUT2D eigenvalue weighted by Gasteiger charge is -2.48. The molecule has 2 N–H and O–H groups in total. The minimum Gasteiger partial charge on any atom is -0.458 e. The van der Waals surface area contributed by atoms with Gasteiger partial charge in [0.05, 0.1) is 13.2 Å². The fourth-order valence-corrected chi connectivity index (χ4v) is 7.32. The quantitative estimate of drug-likeness (QED) is 0.332. The standard InChI is InChI=1S/C30H37N3O8/c1-32(2)22(35)12-7-17-5-3-4-6-18(17)16-33-25-27(36)38-21-15-29(25,28(37)31-13-14-34)26(41-33)24-23(21)39-30(40-24,19-8-9-19)20-10-11-20/h3-7,12,19-21,23-26,34H,8-11,13-16H2,1-2H3,(H,31,37)/t21-,23-,24-,25-,26+,29-/m0/s1. The van der Waals surface area contributed by atoms with Crippen LogP contribution in [0.15, 0.2) is 30.3 Å². The van der Waals surface area contributed by atoms with Crippen molar-refractivity contribution in [2.75, 3.05) is 27.2 Å². The van der Waals surface area contributed by atoms with Crippen molar-refractivity contribution in [2.45, 2.75) is 74.9 Å². The Kier molecular flexibility index (Phi) is 6.51. The van der Waals surface area contributed by atoms with Gasteiger partial charge in [-0.25, -0.2) is 0 Å². The number of likely N-dealkylation sites (N-methyl/N-ethyl adjacent to an activating group) is 1. The molecule has 2 amide bonds. The van der Waals surface area contributed by atoms with E-state index in [1.54, 1.807) is 25.2 Å². The lowest BCUT2D eigenvalue weighted by atomic mass is 9.62. The van der Waals surface area contributed by atoms with Gasteiger partial charge in [0.2, 0.25) is 11.8 Å². The highest BCUT2D eigenvalue weighted by Crippen LogP contribution is 2.63. The van der Waals surface area contributed by atoms with Gasteiger partial charge in [-0.15, -0.1) is 0 Å². The molecule has 1 aromatic rings. The molecule has 7 rings (SSSR count). The van der Waals surface area contributed by atoms with Gasteiger partial charge in [0, 0.05) is 45.0 Å². The number of amides is 2. The van der Waals surface area contributed by atoms with Crippen LogP contribution in [-0.2, 0) is 40.0 Å². The van der Waals surface area contributed by atoms with Crippen molar-refractivity contribution in [1.82, 2.24) is 15.3 Å². The molecule has 0 unspecified atom stereocenters. The predicted molar refractivity (Wildman–Crippen MR) is 143 cm³/mol. The summed E-state index contributed by atoms with van der Waals surface area (Å²) < 4.78 is 19.6. The van der Waals surface area contributed by atoms with Crippen LogP contribution in [0, 0.1) is 17.3 Å². The third-order valence-corrected chi connectivity index (χ3v) is 9.53. The zero-order chi connectivity index (χ0) is 28.5. The maximum Gasteiger partial charge on any atom is 0.327 e. The second-order valence-electron chi connectivity index (χ2n) is 12.4. The third-order valence-electron chi connectivity index (χ3n) is 9.53. The van der Waals surface area contributed by atoms with Crippen LogP contribution in [-0.4, -0.2) is 96.3 Å². The first-order valence-corrected chi connectivity index (χ1v) is 14.6. The van der Waals surface area contributed by atoms with Crippen molar-refractivity contribution in [2.24, 2.45) is 17.3 Å². The van der Waals surface area contributed by atoms with Gasteiger partial charge in [0.1, 0.15) is 29.8 Å². The number of aliphatic hydroxyl groups excluding tert-OH is 1. The molecule has 0 aromatic heterocycles. The van der Waals surface area contributed by atoms with Crippen molar-refractivity contribution >= 4 is 23.9 Å². The summed E-state index contributed by atoms with van der Waals surface area (Å²) in [5.74, 6) is -1.16. The summed E-state index contributed by atoms with van der Waals surface area (Å²) in [5.41, 5.74) is 0.344. The Morgan fingerprint density at radius 3 is 2.51 bits per heavy atom. The van der Waals surface area contributed by atoms with E-state index in [1.807, 2.05) is 24.3 Å². The highest BCUT2D eigenvalue weighted by Gasteiger charge is 2.78. The van der Waals surface area contributed by atoms with Gasteiger partial charge in [0.15, 0.2) is 11.8 Å². The van der Waals surface area contributed by atoms with Crippen LogP contribution in [0.4, 0.5) is 0 Å². The van der Waals surface area contributed by atoms with E-state index in [-0.39, 0.29) is 37.9 Å². The van der Waals surface area contributed by atoms with Gasteiger partial charge < -0.3 is 29.5 Å². The summed E-state index contributed by atoms with van der Waals surface area (Å²) in [7, 11) is 3.37. The van der Waals surface area contributed by atoms with Gasteiger partial charge in [-0.1, -0.05) is 24.3 Å². The van der Waals surface area contributed by atoms with Crippen LogP contribution < -0.4 is 5.32 Å². The van der Waals surface area contributed by atoms with E-state index in [1.165, 1.54) is 11.0 Å². The largest absolute Gasteiger partial charge is 0.458 e. The Morgan fingerprint density at radius 1 is 1.12 bits per heavy atom. The van der Waals surface area contributed by atoms with E-state index in [9.17, 15) is 19.5 Å². The summed E-state index contributed by atoms with van der Waals surface area (Å²) in [6, 6.07) is 6.54. The summed E-state index contributed by atoms with van der Waals surface area (Å²) in [4.78, 5) is 48.0. The molecule has 11 nitrogen and oxygen atoms in total. The van der Waals surface area contributed by atoms with E-state index >= 15 is 0 Å². The molecular weight excluding hydrogens is 530 g/mol. The van der Waals surface area contributed by atoms with Crippen molar-refractivity contribution in [3.8, 4) is 0 Å². The van der Waals surface area contributed by atoms with Crippen molar-refractivity contribution in [3.05, 3.63) is 41.5 Å². The molecule has 6 aliphatic rings. The predicted octanol–water partition coefficient (Wildman–Crippen LogP) is 0.997. The first-order valence-electron chi connectivity index (χ1n) is 14.6. The molecule has 0 radical (unpaired) electrons. The molecule has 1 aromatic carbocycles. The molecule has 3 saturated heterocycles. The topological polar surface area (TPSA) is 127 Å². The van der Waals surface area contributed by atoms with Crippen molar-refractivity contribution in [3.63, 3.8) is 0 Å². The normalized spacial score (nSPS) is 35.3. The average Bonchev–Trinajstić information content (AvgIpc) is 3.90. The third kappa shape index (κ3) is 4.24. The SMILES string of the molecule is CN(C)C(=O)C=Cc1ccccc1CN1O[C@@H]2[C@H]3OC(C4CC4)(C4CC4)O[C@H]3[C@@H]3C[C@]2(C(=O)NCCO)[C@@H]1C(=O)O3. The molecule has 6 fully saturated rings. The highest BCUT2D eigenvalue weighted by molar-refractivity contribution is 5.94. The number of nitrogens with one attached hydrogen (secondary N) is 1. The lowest BCUT2D eigenvalue weighted by Crippen LogP contribution is -2.69. The van der Waals surface area contributed by atoms with E-state index in [4.69, 9.17) is 19.0 Å². The smallest absolute Gasteiger partial charge is 0.327 e.